The number of ether oxygens (including phenoxy) is 1. The Morgan fingerprint density at radius 1 is 1.15 bits per heavy atom. The number of hydrogen-bond donors (Lipinski definition) is 2. The molecule has 0 fully saturated rings. The monoisotopic (exact) mass is 318 g/mol. The maximum Gasteiger partial charge on any atom is 0.339 e. The van der Waals surface area contributed by atoms with Crippen LogP contribution in [0.1, 0.15) is 17.3 Å². The third-order valence-electron chi connectivity index (χ3n) is 2.22. The number of nitrogens with one attached hydrogen (secondary N) is 2. The van der Waals surface area contributed by atoms with Crippen LogP contribution >= 0.6 is 23.2 Å². The van der Waals surface area contributed by atoms with Crippen LogP contribution in [0.2, 0.25) is 10.0 Å². The number of halogens is 2. The summed E-state index contributed by atoms with van der Waals surface area (Å²) < 4.78 is 4.91. The standard InChI is InChI=1S/C12H12Cl2N2O4/c1-6(10(17)16-12(19)15-2)20-11(18)7-3-8(13)5-9(14)4-7/h3-6H,1-2H3,(H2,15,16,17,19). The second-order valence-electron chi connectivity index (χ2n) is 3.77. The van der Waals surface area contributed by atoms with E-state index in [0.717, 1.165) is 0 Å². The molecule has 3 amide bonds. The summed E-state index contributed by atoms with van der Waals surface area (Å²) in [5.74, 6) is -1.51. The lowest BCUT2D eigenvalue weighted by atomic mass is 10.2. The Hall–Kier alpha value is -1.79. The van der Waals surface area contributed by atoms with Crippen molar-refractivity contribution in [2.24, 2.45) is 0 Å². The minimum Gasteiger partial charge on any atom is -0.449 e. The lowest BCUT2D eigenvalue weighted by Gasteiger charge is -2.12. The van der Waals surface area contributed by atoms with Gasteiger partial charge in [0.2, 0.25) is 0 Å². The molecule has 0 aliphatic heterocycles. The van der Waals surface area contributed by atoms with Crippen LogP contribution in [-0.4, -0.2) is 31.1 Å². The summed E-state index contributed by atoms with van der Waals surface area (Å²) in [4.78, 5) is 34.3. The normalized spacial score (nSPS) is 11.4. The largest absolute Gasteiger partial charge is 0.449 e. The van der Waals surface area contributed by atoms with Crippen molar-refractivity contribution in [1.82, 2.24) is 10.6 Å². The topological polar surface area (TPSA) is 84.5 Å². The number of rotatable bonds is 3. The number of benzene rings is 1. The van der Waals surface area contributed by atoms with Crippen LogP contribution in [0.4, 0.5) is 4.79 Å². The van der Waals surface area contributed by atoms with Crippen LogP contribution in [0.5, 0.6) is 0 Å². The number of amides is 3. The quantitative estimate of drug-likeness (QED) is 0.835. The summed E-state index contributed by atoms with van der Waals surface area (Å²) in [5.41, 5.74) is 0.113. The molecule has 0 saturated carbocycles. The van der Waals surface area contributed by atoms with Gasteiger partial charge in [-0.1, -0.05) is 23.2 Å². The molecule has 0 aromatic heterocycles. The fourth-order valence-electron chi connectivity index (χ4n) is 1.23. The molecule has 8 heteroatoms. The summed E-state index contributed by atoms with van der Waals surface area (Å²) in [6.07, 6.45) is -1.14. The molecule has 0 aliphatic rings. The highest BCUT2D eigenvalue weighted by molar-refractivity contribution is 6.35. The van der Waals surface area contributed by atoms with Gasteiger partial charge in [0.1, 0.15) is 0 Å². The van der Waals surface area contributed by atoms with Crippen LogP contribution in [-0.2, 0) is 9.53 Å². The average Bonchev–Trinajstić information content (AvgIpc) is 2.37. The highest BCUT2D eigenvalue weighted by Gasteiger charge is 2.20. The van der Waals surface area contributed by atoms with Gasteiger partial charge in [0.15, 0.2) is 6.10 Å². The molecule has 0 radical (unpaired) electrons. The van der Waals surface area contributed by atoms with Crippen LogP contribution in [0, 0.1) is 0 Å². The summed E-state index contributed by atoms with van der Waals surface area (Å²) in [6, 6.07) is 3.49. The van der Waals surface area contributed by atoms with Crippen molar-refractivity contribution in [3.63, 3.8) is 0 Å². The first-order valence-electron chi connectivity index (χ1n) is 5.53. The van der Waals surface area contributed by atoms with Gasteiger partial charge < -0.3 is 10.1 Å². The third-order valence-corrected chi connectivity index (χ3v) is 2.65. The second-order valence-corrected chi connectivity index (χ2v) is 4.65. The molecule has 6 nitrogen and oxygen atoms in total. The number of carbonyl (C=O) groups excluding carboxylic acids is 3. The van der Waals surface area contributed by atoms with Crippen molar-refractivity contribution < 1.29 is 19.1 Å². The third kappa shape index (κ3) is 4.71. The van der Waals surface area contributed by atoms with E-state index in [1.165, 1.54) is 32.2 Å². The molecular weight excluding hydrogens is 307 g/mol. The van der Waals surface area contributed by atoms with E-state index in [1.807, 2.05) is 5.32 Å². The van der Waals surface area contributed by atoms with E-state index in [9.17, 15) is 14.4 Å². The number of esters is 1. The molecule has 20 heavy (non-hydrogen) atoms. The van der Waals surface area contributed by atoms with Crippen molar-refractivity contribution in [1.29, 1.82) is 0 Å². The Balaban J connectivity index is 2.70. The molecule has 1 rings (SSSR count). The van der Waals surface area contributed by atoms with Crippen LogP contribution in [0.25, 0.3) is 0 Å². The molecule has 1 unspecified atom stereocenters. The van der Waals surface area contributed by atoms with Crippen molar-refractivity contribution in [3.8, 4) is 0 Å². The zero-order valence-electron chi connectivity index (χ0n) is 10.7. The van der Waals surface area contributed by atoms with Gasteiger partial charge in [-0.3, -0.25) is 10.1 Å². The van der Waals surface area contributed by atoms with Gasteiger partial charge in [0, 0.05) is 17.1 Å². The fraction of sp³-hybridized carbons (Fsp3) is 0.250. The molecular formula is C12H12Cl2N2O4. The van der Waals surface area contributed by atoms with Gasteiger partial charge >= 0.3 is 12.0 Å². The Morgan fingerprint density at radius 2 is 1.70 bits per heavy atom. The van der Waals surface area contributed by atoms with Gasteiger partial charge in [0.05, 0.1) is 5.56 Å². The van der Waals surface area contributed by atoms with E-state index in [-0.39, 0.29) is 15.6 Å². The molecule has 0 saturated heterocycles. The zero-order valence-corrected chi connectivity index (χ0v) is 12.2. The van der Waals surface area contributed by atoms with Crippen molar-refractivity contribution >= 4 is 41.1 Å². The highest BCUT2D eigenvalue weighted by atomic mass is 35.5. The van der Waals surface area contributed by atoms with E-state index in [4.69, 9.17) is 27.9 Å². The molecule has 1 aromatic rings. The first kappa shape index (κ1) is 16.3. The Labute approximate surface area is 125 Å². The number of carbonyl (C=O) groups is 3. The molecule has 2 N–H and O–H groups in total. The van der Waals surface area contributed by atoms with Crippen LogP contribution in [0.3, 0.4) is 0 Å². The maximum absolute atomic E-state index is 11.8. The number of hydrogen-bond acceptors (Lipinski definition) is 4. The lowest BCUT2D eigenvalue weighted by molar-refractivity contribution is -0.127. The van der Waals surface area contributed by atoms with Crippen molar-refractivity contribution in [2.75, 3.05) is 7.05 Å². The predicted molar refractivity (Wildman–Crippen MR) is 73.9 cm³/mol. The van der Waals surface area contributed by atoms with Crippen LogP contribution < -0.4 is 10.6 Å². The summed E-state index contributed by atoms with van der Waals surface area (Å²) in [5, 5.41) is 4.74. The summed E-state index contributed by atoms with van der Waals surface area (Å²) in [6.45, 7) is 1.34. The van der Waals surface area contributed by atoms with Gasteiger partial charge in [-0.15, -0.1) is 0 Å². The Bertz CT molecular complexity index is 528. The van der Waals surface area contributed by atoms with E-state index < -0.39 is 24.0 Å². The number of imide groups is 1. The molecule has 108 valence electrons. The van der Waals surface area contributed by atoms with Gasteiger partial charge in [-0.25, -0.2) is 9.59 Å². The smallest absolute Gasteiger partial charge is 0.339 e. The zero-order chi connectivity index (χ0) is 15.3. The van der Waals surface area contributed by atoms with Gasteiger partial charge in [-0.05, 0) is 25.1 Å². The molecule has 0 bridgehead atoms. The first-order chi connectivity index (χ1) is 9.33. The summed E-state index contributed by atoms with van der Waals surface area (Å²) in [7, 11) is 1.35. The van der Waals surface area contributed by atoms with Crippen molar-refractivity contribution in [3.05, 3.63) is 33.8 Å². The molecule has 0 aliphatic carbocycles. The molecule has 0 spiro atoms. The van der Waals surface area contributed by atoms with E-state index in [0.29, 0.717) is 0 Å². The SMILES string of the molecule is CNC(=O)NC(=O)C(C)OC(=O)c1cc(Cl)cc(Cl)c1. The lowest BCUT2D eigenvalue weighted by Crippen LogP contribution is -2.43. The second kappa shape index (κ2) is 7.12. The minimum atomic E-state index is -1.14. The van der Waals surface area contributed by atoms with Crippen molar-refractivity contribution in [2.45, 2.75) is 13.0 Å². The molecule has 0 heterocycles. The van der Waals surface area contributed by atoms with Gasteiger partial charge in [-0.2, -0.15) is 0 Å². The Morgan fingerprint density at radius 3 is 2.20 bits per heavy atom. The Kier molecular flexibility index (Phi) is 5.79. The summed E-state index contributed by atoms with van der Waals surface area (Å²) >= 11 is 11.5. The highest BCUT2D eigenvalue weighted by Crippen LogP contribution is 2.19. The first-order valence-corrected chi connectivity index (χ1v) is 6.28. The fourth-order valence-corrected chi connectivity index (χ4v) is 1.76. The van der Waals surface area contributed by atoms with E-state index in [2.05, 4.69) is 5.32 Å². The average molecular weight is 319 g/mol. The van der Waals surface area contributed by atoms with Crippen LogP contribution in [0.15, 0.2) is 18.2 Å². The molecule has 1 aromatic carbocycles. The molecule has 1 atom stereocenters. The van der Waals surface area contributed by atoms with E-state index in [1.54, 1.807) is 0 Å². The number of urea groups is 1. The van der Waals surface area contributed by atoms with E-state index >= 15 is 0 Å². The minimum absolute atomic E-state index is 0.113. The van der Waals surface area contributed by atoms with Gasteiger partial charge in [0.25, 0.3) is 5.91 Å². The predicted octanol–water partition coefficient (Wildman–Crippen LogP) is 1.99. The maximum atomic E-state index is 11.8.